The number of benzene rings is 1. The summed E-state index contributed by atoms with van der Waals surface area (Å²) in [6.45, 7) is 8.99. The van der Waals surface area contributed by atoms with E-state index in [1.54, 1.807) is 59.6 Å². The Kier molecular flexibility index (Phi) is 6.50. The van der Waals surface area contributed by atoms with Crippen LogP contribution < -0.4 is 5.46 Å². The molecule has 0 spiro atoms. The van der Waals surface area contributed by atoms with E-state index >= 15 is 0 Å². The molecule has 1 unspecified atom stereocenters. The highest BCUT2D eigenvalue weighted by Gasteiger charge is 2.36. The van der Waals surface area contributed by atoms with Crippen LogP contribution in [-0.4, -0.2) is 53.3 Å². The Hall–Kier alpha value is -2.82. The first-order valence-electron chi connectivity index (χ1n) is 10.9. The lowest BCUT2D eigenvalue weighted by Crippen LogP contribution is -2.49. The lowest BCUT2D eigenvalue weighted by atomic mass is 9.83. The molecule has 4 rings (SSSR count). The molecule has 0 saturated heterocycles. The molecule has 4 aromatic rings. The highest BCUT2D eigenvalue weighted by atomic mass is 35.5. The second kappa shape index (κ2) is 9.09. The smallest absolute Gasteiger partial charge is 0.333 e. The molecule has 0 saturated carbocycles. The zero-order valence-corrected chi connectivity index (χ0v) is 20.5. The third kappa shape index (κ3) is 4.45. The molecule has 177 valence electrons. The van der Waals surface area contributed by atoms with Crippen LogP contribution in [0.15, 0.2) is 43.0 Å². The Morgan fingerprint density at radius 1 is 1.18 bits per heavy atom. The Balaban J connectivity index is 1.74. The Bertz CT molecular complexity index is 1320. The van der Waals surface area contributed by atoms with Crippen molar-refractivity contribution in [1.29, 1.82) is 0 Å². The maximum Gasteiger partial charge on any atom is 0.333 e. The molecule has 3 aromatic heterocycles. The molecular weight excluding hydrogens is 458 g/mol. The van der Waals surface area contributed by atoms with E-state index in [1.807, 2.05) is 17.7 Å². The summed E-state index contributed by atoms with van der Waals surface area (Å²) in [6, 6.07) is 6.14. The fourth-order valence-electron chi connectivity index (χ4n) is 3.49. The van der Waals surface area contributed by atoms with E-state index < -0.39 is 11.2 Å². The van der Waals surface area contributed by atoms with Crippen molar-refractivity contribution in [3.8, 4) is 5.69 Å². The van der Waals surface area contributed by atoms with Crippen LogP contribution in [0.2, 0.25) is 5.15 Å². The first-order valence-corrected chi connectivity index (χ1v) is 11.3. The van der Waals surface area contributed by atoms with Crippen molar-refractivity contribution in [2.75, 3.05) is 0 Å². The average Bonchev–Trinajstić information content (AvgIpc) is 3.39. The quantitative estimate of drug-likeness (QED) is 0.304. The molecule has 11 heteroatoms. The standard InChI is InChI=1S/C23H26BClFN6O2/c1-6-17(16-12-32(30-29-16)18-10-8-7-9-15(18)26)31-11-14(19-20(25)27-13-28-21(19)31)24-34-23(4,5)22(2,3)33/h7-13,17,33H,6H2,1-5H3. The van der Waals surface area contributed by atoms with E-state index in [-0.39, 0.29) is 17.0 Å². The number of rotatable bonds is 8. The predicted octanol–water partition coefficient (Wildman–Crippen LogP) is 3.61. The van der Waals surface area contributed by atoms with Gasteiger partial charge in [0.2, 0.25) is 0 Å². The van der Waals surface area contributed by atoms with Crippen LogP contribution in [0.4, 0.5) is 4.39 Å². The predicted molar refractivity (Wildman–Crippen MR) is 129 cm³/mol. The van der Waals surface area contributed by atoms with Crippen molar-refractivity contribution in [2.45, 2.75) is 58.3 Å². The van der Waals surface area contributed by atoms with E-state index in [0.29, 0.717) is 34.3 Å². The fraction of sp³-hybridized carbons (Fsp3) is 0.391. The van der Waals surface area contributed by atoms with Crippen LogP contribution in [0.5, 0.6) is 0 Å². The van der Waals surface area contributed by atoms with Gasteiger partial charge in [-0.25, -0.2) is 19.0 Å². The Labute approximate surface area is 203 Å². The maximum absolute atomic E-state index is 14.3. The molecule has 0 bridgehead atoms. The summed E-state index contributed by atoms with van der Waals surface area (Å²) in [6.07, 6.45) is 5.63. The molecule has 1 N–H and O–H groups in total. The number of nitrogens with zero attached hydrogens (tertiary/aromatic N) is 6. The zero-order chi connectivity index (χ0) is 24.7. The average molecular weight is 484 g/mol. The van der Waals surface area contributed by atoms with Crippen LogP contribution in [0.1, 0.15) is 52.8 Å². The van der Waals surface area contributed by atoms with E-state index in [1.165, 1.54) is 17.1 Å². The first-order chi connectivity index (χ1) is 16.0. The van der Waals surface area contributed by atoms with E-state index in [4.69, 9.17) is 16.3 Å². The number of aromatic nitrogens is 6. The lowest BCUT2D eigenvalue weighted by Gasteiger charge is -2.37. The van der Waals surface area contributed by atoms with Crippen molar-refractivity contribution in [3.63, 3.8) is 0 Å². The van der Waals surface area contributed by atoms with Crippen molar-refractivity contribution < 1.29 is 14.2 Å². The number of fused-ring (bicyclic) bond motifs is 1. The normalized spacial score (nSPS) is 13.4. The van der Waals surface area contributed by atoms with Gasteiger partial charge >= 0.3 is 7.48 Å². The molecule has 1 aromatic carbocycles. The topological polar surface area (TPSA) is 90.9 Å². The van der Waals surface area contributed by atoms with Crippen LogP contribution >= 0.6 is 11.6 Å². The summed E-state index contributed by atoms with van der Waals surface area (Å²) >= 11 is 6.45. The summed E-state index contributed by atoms with van der Waals surface area (Å²) in [7, 11) is 1.56. The molecule has 1 radical (unpaired) electrons. The minimum Gasteiger partial charge on any atom is -0.427 e. The second-order valence-electron chi connectivity index (χ2n) is 9.12. The summed E-state index contributed by atoms with van der Waals surface area (Å²) < 4.78 is 23.6. The van der Waals surface area contributed by atoms with Gasteiger partial charge in [0.25, 0.3) is 0 Å². The Morgan fingerprint density at radius 3 is 2.59 bits per heavy atom. The molecule has 1 atom stereocenters. The van der Waals surface area contributed by atoms with Crippen LogP contribution in [0, 0.1) is 5.82 Å². The van der Waals surface area contributed by atoms with Gasteiger partial charge in [0.15, 0.2) is 0 Å². The molecule has 3 heterocycles. The monoisotopic (exact) mass is 483 g/mol. The lowest BCUT2D eigenvalue weighted by molar-refractivity contribution is -0.0893. The number of aliphatic hydroxyl groups is 1. The van der Waals surface area contributed by atoms with Crippen molar-refractivity contribution in [2.24, 2.45) is 0 Å². The third-order valence-corrected chi connectivity index (χ3v) is 6.51. The van der Waals surface area contributed by atoms with Gasteiger partial charge in [0, 0.05) is 6.20 Å². The van der Waals surface area contributed by atoms with E-state index in [2.05, 4.69) is 20.3 Å². The van der Waals surface area contributed by atoms with Crippen molar-refractivity contribution in [1.82, 2.24) is 29.5 Å². The molecule has 0 aliphatic heterocycles. The van der Waals surface area contributed by atoms with Gasteiger partial charge in [-0.3, -0.25) is 0 Å². The summed E-state index contributed by atoms with van der Waals surface area (Å²) in [5.74, 6) is -0.388. The minimum absolute atomic E-state index is 0.251. The molecule has 0 aliphatic carbocycles. The highest BCUT2D eigenvalue weighted by molar-refractivity contribution is 6.53. The molecular formula is C23H26BClFN6O2. The van der Waals surface area contributed by atoms with Crippen molar-refractivity contribution >= 4 is 35.6 Å². The fourth-order valence-corrected chi connectivity index (χ4v) is 3.73. The molecule has 8 nitrogen and oxygen atoms in total. The highest BCUT2D eigenvalue weighted by Crippen LogP contribution is 2.29. The van der Waals surface area contributed by atoms with E-state index in [0.717, 1.165) is 0 Å². The first kappa shape index (κ1) is 24.3. The molecule has 0 amide bonds. The number of hydrogen-bond acceptors (Lipinski definition) is 6. The number of para-hydroxylation sites is 1. The van der Waals surface area contributed by atoms with E-state index in [9.17, 15) is 9.50 Å². The third-order valence-electron chi connectivity index (χ3n) is 6.22. The summed E-state index contributed by atoms with van der Waals surface area (Å²) in [5, 5.41) is 19.8. The maximum atomic E-state index is 14.3. The largest absolute Gasteiger partial charge is 0.427 e. The SMILES string of the molecule is CCC(c1cn(-c2ccccc2F)nn1)n1cc([B]OC(C)(C)C(C)(C)O)c2c(Cl)ncnc21. The summed E-state index contributed by atoms with van der Waals surface area (Å²) in [4.78, 5) is 8.58. The number of hydrogen-bond donors (Lipinski definition) is 1. The minimum atomic E-state index is -1.08. The van der Waals surface area contributed by atoms with Crippen molar-refractivity contribution in [3.05, 3.63) is 59.7 Å². The zero-order valence-electron chi connectivity index (χ0n) is 19.7. The van der Waals surface area contributed by atoms with Crippen LogP contribution in [0.25, 0.3) is 16.7 Å². The molecule has 34 heavy (non-hydrogen) atoms. The molecule has 0 aliphatic rings. The summed E-state index contributed by atoms with van der Waals surface area (Å²) in [5.41, 5.74) is 0.271. The van der Waals surface area contributed by atoms with Crippen LogP contribution in [0.3, 0.4) is 0 Å². The van der Waals surface area contributed by atoms with Gasteiger partial charge < -0.3 is 14.3 Å². The van der Waals surface area contributed by atoms with Gasteiger partial charge in [-0.1, -0.05) is 35.9 Å². The number of halogens is 2. The van der Waals surface area contributed by atoms with Gasteiger partial charge in [0.1, 0.15) is 34.3 Å². The second-order valence-corrected chi connectivity index (χ2v) is 9.48. The van der Waals surface area contributed by atoms with Gasteiger partial charge in [-0.15, -0.1) is 5.10 Å². The van der Waals surface area contributed by atoms with Crippen LogP contribution in [-0.2, 0) is 4.65 Å². The van der Waals surface area contributed by atoms with Gasteiger partial charge in [0.05, 0.1) is 28.8 Å². The van der Waals surface area contributed by atoms with Gasteiger partial charge in [-0.05, 0) is 51.7 Å². The Morgan fingerprint density at radius 2 is 1.91 bits per heavy atom. The van der Waals surface area contributed by atoms with Gasteiger partial charge in [-0.2, -0.15) is 0 Å². The molecule has 0 fully saturated rings.